The molecule has 0 spiro atoms. The molecule has 33 heavy (non-hydrogen) atoms. The number of hydrogen-bond acceptors (Lipinski definition) is 4. The highest BCUT2D eigenvalue weighted by molar-refractivity contribution is 7.91. The molecule has 0 fully saturated rings. The van der Waals surface area contributed by atoms with Crippen molar-refractivity contribution in [3.8, 4) is 0 Å². The van der Waals surface area contributed by atoms with Crippen LogP contribution in [0, 0.1) is 6.92 Å². The summed E-state index contributed by atoms with van der Waals surface area (Å²) in [7, 11) is -3.76. The highest BCUT2D eigenvalue weighted by Gasteiger charge is 2.31. The molecule has 0 amide bonds. The molecule has 0 N–H and O–H groups in total. The Kier molecular flexibility index (Phi) is 5.60. The Morgan fingerprint density at radius 2 is 1.45 bits per heavy atom. The van der Waals surface area contributed by atoms with Gasteiger partial charge in [0.1, 0.15) is 0 Å². The van der Waals surface area contributed by atoms with Crippen LogP contribution < -0.4 is 0 Å². The minimum absolute atomic E-state index is 0.117. The molecule has 0 aliphatic rings. The predicted molar refractivity (Wildman–Crippen MR) is 136 cm³/mol. The summed E-state index contributed by atoms with van der Waals surface area (Å²) in [5.74, 6) is -0.184. The first-order valence-electron chi connectivity index (χ1n) is 10.7. The zero-order chi connectivity index (χ0) is 23.0. The number of carbonyl (C=O) groups excluding carboxylic acids is 1. The molecule has 1 aromatic heterocycles. The van der Waals surface area contributed by atoms with Crippen molar-refractivity contribution in [2.24, 2.45) is 0 Å². The van der Waals surface area contributed by atoms with Gasteiger partial charge < -0.3 is 0 Å². The van der Waals surface area contributed by atoms with Crippen molar-refractivity contribution in [1.29, 1.82) is 0 Å². The minimum atomic E-state index is -3.76. The quantitative estimate of drug-likeness (QED) is 0.248. The van der Waals surface area contributed by atoms with E-state index < -0.39 is 15.1 Å². The molecule has 5 aromatic rings. The van der Waals surface area contributed by atoms with Crippen LogP contribution in [0.3, 0.4) is 0 Å². The standard InChI is InChI=1S/C28H22O3S2/c1-19-11-14-22(15-12-19)33(30,31)28(20-7-3-2-4-8-20)18-25(29)21-13-16-27-24(17-21)23-9-5-6-10-26(23)32-27/h2-17,28H,18H2,1H3. The van der Waals surface area contributed by atoms with Gasteiger partial charge >= 0.3 is 0 Å². The Morgan fingerprint density at radius 1 is 0.788 bits per heavy atom. The van der Waals surface area contributed by atoms with Gasteiger partial charge in [0.15, 0.2) is 15.6 Å². The van der Waals surface area contributed by atoms with E-state index >= 15 is 0 Å². The number of Topliss-reactive ketones (excluding diaryl/α,β-unsaturated/α-hetero) is 1. The van der Waals surface area contributed by atoms with Crippen molar-refractivity contribution in [2.75, 3.05) is 0 Å². The van der Waals surface area contributed by atoms with Gasteiger partial charge in [0.25, 0.3) is 0 Å². The van der Waals surface area contributed by atoms with Crippen LogP contribution >= 0.6 is 11.3 Å². The summed E-state index contributed by atoms with van der Waals surface area (Å²) in [5.41, 5.74) is 2.14. The number of carbonyl (C=O) groups is 1. The zero-order valence-electron chi connectivity index (χ0n) is 18.1. The topological polar surface area (TPSA) is 51.2 Å². The van der Waals surface area contributed by atoms with Crippen molar-refractivity contribution >= 4 is 47.1 Å². The Labute approximate surface area is 197 Å². The molecule has 0 saturated carbocycles. The van der Waals surface area contributed by atoms with Gasteiger partial charge in [0.2, 0.25) is 0 Å². The molecule has 0 aliphatic heterocycles. The van der Waals surface area contributed by atoms with Crippen LogP contribution in [-0.4, -0.2) is 14.2 Å². The van der Waals surface area contributed by atoms with E-state index in [2.05, 4.69) is 12.1 Å². The largest absolute Gasteiger partial charge is 0.294 e. The third-order valence-corrected chi connectivity index (χ3v) is 9.23. The summed E-state index contributed by atoms with van der Waals surface area (Å²) >= 11 is 1.69. The number of hydrogen-bond donors (Lipinski definition) is 0. The number of fused-ring (bicyclic) bond motifs is 3. The Hall–Kier alpha value is -3.28. The van der Waals surface area contributed by atoms with E-state index in [1.807, 2.05) is 37.3 Å². The highest BCUT2D eigenvalue weighted by atomic mass is 32.2. The lowest BCUT2D eigenvalue weighted by Gasteiger charge is -2.18. The monoisotopic (exact) mass is 470 g/mol. The normalized spacial score (nSPS) is 12.8. The van der Waals surface area contributed by atoms with Crippen LogP contribution in [-0.2, 0) is 9.84 Å². The summed E-state index contributed by atoms with van der Waals surface area (Å²) in [4.78, 5) is 13.6. The summed E-state index contributed by atoms with van der Waals surface area (Å²) < 4.78 is 29.5. The van der Waals surface area contributed by atoms with Crippen molar-refractivity contribution in [1.82, 2.24) is 0 Å². The third-order valence-electron chi connectivity index (χ3n) is 5.96. The van der Waals surface area contributed by atoms with Gasteiger partial charge in [-0.25, -0.2) is 8.42 Å². The number of ketones is 1. The lowest BCUT2D eigenvalue weighted by Crippen LogP contribution is -2.18. The van der Waals surface area contributed by atoms with E-state index in [1.165, 1.54) is 4.70 Å². The molecule has 0 aliphatic carbocycles. The fourth-order valence-electron chi connectivity index (χ4n) is 4.15. The van der Waals surface area contributed by atoms with Crippen LogP contribution in [0.1, 0.15) is 33.2 Å². The lowest BCUT2D eigenvalue weighted by molar-refractivity contribution is 0.0981. The van der Waals surface area contributed by atoms with E-state index in [4.69, 9.17) is 0 Å². The number of aryl methyl sites for hydroxylation is 1. The van der Waals surface area contributed by atoms with Crippen molar-refractivity contribution in [3.05, 3.63) is 114 Å². The molecule has 0 radical (unpaired) electrons. The molecule has 5 heteroatoms. The fourth-order valence-corrected chi connectivity index (χ4v) is 6.97. The predicted octanol–water partition coefficient (Wildman–Crippen LogP) is 7.15. The number of benzene rings is 4. The summed E-state index contributed by atoms with van der Waals surface area (Å²) in [6.45, 7) is 1.92. The van der Waals surface area contributed by atoms with Crippen LogP contribution in [0.5, 0.6) is 0 Å². The number of sulfone groups is 1. The third kappa shape index (κ3) is 4.10. The maximum Gasteiger partial charge on any atom is 0.185 e. The fraction of sp³-hybridized carbons (Fsp3) is 0.107. The molecule has 1 heterocycles. The lowest BCUT2D eigenvalue weighted by atomic mass is 10.0. The minimum Gasteiger partial charge on any atom is -0.294 e. The van der Waals surface area contributed by atoms with Crippen LogP contribution in [0.2, 0.25) is 0 Å². The first-order chi connectivity index (χ1) is 15.9. The molecular formula is C28H22O3S2. The SMILES string of the molecule is Cc1ccc(S(=O)(=O)C(CC(=O)c2ccc3sc4ccccc4c3c2)c2ccccc2)cc1. The van der Waals surface area contributed by atoms with Crippen LogP contribution in [0.15, 0.2) is 102 Å². The smallest absolute Gasteiger partial charge is 0.185 e. The summed E-state index contributed by atoms with van der Waals surface area (Å²) in [6.07, 6.45) is -0.117. The van der Waals surface area contributed by atoms with Crippen LogP contribution in [0.25, 0.3) is 20.2 Å². The Bertz CT molecular complexity index is 1560. The van der Waals surface area contributed by atoms with Crippen molar-refractivity contribution in [3.63, 3.8) is 0 Å². The molecule has 4 aromatic carbocycles. The van der Waals surface area contributed by atoms with Gasteiger partial charge in [0, 0.05) is 32.2 Å². The average molecular weight is 471 g/mol. The first-order valence-corrected chi connectivity index (χ1v) is 13.1. The first kappa shape index (κ1) is 21.6. The van der Waals surface area contributed by atoms with E-state index in [9.17, 15) is 13.2 Å². The summed E-state index contributed by atoms with van der Waals surface area (Å²) in [5, 5.41) is 1.18. The van der Waals surface area contributed by atoms with Gasteiger partial charge in [0.05, 0.1) is 10.1 Å². The molecule has 3 nitrogen and oxygen atoms in total. The molecule has 0 bridgehead atoms. The van der Waals surface area contributed by atoms with Crippen molar-refractivity contribution in [2.45, 2.75) is 23.5 Å². The molecule has 1 atom stereocenters. The maximum absolute atomic E-state index is 13.6. The molecular weight excluding hydrogens is 448 g/mol. The molecule has 5 rings (SSSR count). The molecule has 164 valence electrons. The van der Waals surface area contributed by atoms with Crippen molar-refractivity contribution < 1.29 is 13.2 Å². The second-order valence-corrected chi connectivity index (χ2v) is 11.4. The van der Waals surface area contributed by atoms with Gasteiger partial charge in [-0.05, 0) is 48.9 Å². The Morgan fingerprint density at radius 3 is 2.21 bits per heavy atom. The zero-order valence-corrected chi connectivity index (χ0v) is 19.7. The highest BCUT2D eigenvalue weighted by Crippen LogP contribution is 2.36. The molecule has 0 saturated heterocycles. The Balaban J connectivity index is 1.55. The number of rotatable bonds is 6. The number of thiophene rings is 1. The van der Waals surface area contributed by atoms with Gasteiger partial charge in [-0.1, -0.05) is 66.2 Å². The van der Waals surface area contributed by atoms with Gasteiger partial charge in [-0.2, -0.15) is 0 Å². The van der Waals surface area contributed by atoms with Gasteiger partial charge in [-0.15, -0.1) is 11.3 Å². The maximum atomic E-state index is 13.6. The molecule has 1 unspecified atom stereocenters. The van der Waals surface area contributed by atoms with E-state index in [1.54, 1.807) is 65.9 Å². The second kappa shape index (κ2) is 8.58. The van der Waals surface area contributed by atoms with E-state index in [0.717, 1.165) is 21.0 Å². The summed E-state index contributed by atoms with van der Waals surface area (Å²) in [6, 6.07) is 29.6. The van der Waals surface area contributed by atoms with Gasteiger partial charge in [-0.3, -0.25) is 4.79 Å². The average Bonchev–Trinajstić information content (AvgIpc) is 3.21. The second-order valence-electron chi connectivity index (χ2n) is 8.19. The van der Waals surface area contributed by atoms with E-state index in [-0.39, 0.29) is 17.1 Å². The van der Waals surface area contributed by atoms with Crippen LogP contribution in [0.4, 0.5) is 0 Å². The van der Waals surface area contributed by atoms with E-state index in [0.29, 0.717) is 11.1 Å².